The molecule has 0 saturated carbocycles. The topological polar surface area (TPSA) is 70.7 Å². The second-order valence-electron chi connectivity index (χ2n) is 4.26. The minimum absolute atomic E-state index is 0.267. The molecule has 0 aliphatic carbocycles. The van der Waals surface area contributed by atoms with Crippen molar-refractivity contribution >= 4 is 5.91 Å². The summed E-state index contributed by atoms with van der Waals surface area (Å²) >= 11 is 0. The first-order valence-corrected chi connectivity index (χ1v) is 6.05. The van der Waals surface area contributed by atoms with Gasteiger partial charge in [0.25, 0.3) is 5.91 Å². The zero-order chi connectivity index (χ0) is 13.7. The van der Waals surface area contributed by atoms with Crippen molar-refractivity contribution in [1.82, 2.24) is 20.5 Å². The maximum absolute atomic E-state index is 13.3. The lowest BCUT2D eigenvalue weighted by Gasteiger charge is -2.05. The summed E-state index contributed by atoms with van der Waals surface area (Å²) < 4.78 is 13.3. The highest BCUT2D eigenvalue weighted by Gasteiger charge is 2.07. The predicted octanol–water partition coefficient (Wildman–Crippen LogP) is 1.61. The van der Waals surface area contributed by atoms with Crippen LogP contribution in [0.5, 0.6) is 0 Å². The number of aromatic nitrogens is 3. The van der Waals surface area contributed by atoms with Crippen LogP contribution in [0.15, 0.2) is 24.5 Å². The van der Waals surface area contributed by atoms with Gasteiger partial charge >= 0.3 is 0 Å². The zero-order valence-electron chi connectivity index (χ0n) is 10.6. The summed E-state index contributed by atoms with van der Waals surface area (Å²) in [7, 11) is 0. The fraction of sp³-hybridized carbons (Fsp3) is 0.308. The summed E-state index contributed by atoms with van der Waals surface area (Å²) in [6.45, 7) is 2.17. The summed E-state index contributed by atoms with van der Waals surface area (Å²) in [5, 5.41) is 9.22. The van der Waals surface area contributed by atoms with E-state index >= 15 is 0 Å². The van der Waals surface area contributed by atoms with Crippen LogP contribution in [0.2, 0.25) is 0 Å². The van der Waals surface area contributed by atoms with E-state index in [9.17, 15) is 9.18 Å². The van der Waals surface area contributed by atoms with Gasteiger partial charge in [0.15, 0.2) is 0 Å². The SMILES string of the molecule is Cc1ccc(C(=O)NCCCc2ncn[nH]2)cc1F. The van der Waals surface area contributed by atoms with Gasteiger partial charge < -0.3 is 5.32 Å². The molecule has 1 amide bonds. The molecule has 1 aromatic heterocycles. The second kappa shape index (κ2) is 6.08. The van der Waals surface area contributed by atoms with E-state index in [-0.39, 0.29) is 11.7 Å². The normalized spacial score (nSPS) is 10.4. The highest BCUT2D eigenvalue weighted by Crippen LogP contribution is 2.08. The molecule has 19 heavy (non-hydrogen) atoms. The van der Waals surface area contributed by atoms with Gasteiger partial charge in [-0.3, -0.25) is 9.89 Å². The Labute approximate surface area is 110 Å². The average Bonchev–Trinajstić information content (AvgIpc) is 2.91. The van der Waals surface area contributed by atoms with Crippen LogP contribution >= 0.6 is 0 Å². The predicted molar refractivity (Wildman–Crippen MR) is 68.2 cm³/mol. The van der Waals surface area contributed by atoms with E-state index in [0.29, 0.717) is 24.1 Å². The van der Waals surface area contributed by atoms with Gasteiger partial charge in [-0.05, 0) is 31.0 Å². The van der Waals surface area contributed by atoms with Crippen LogP contribution < -0.4 is 5.32 Å². The number of carbonyl (C=O) groups excluding carboxylic acids is 1. The van der Waals surface area contributed by atoms with Crippen LogP contribution in [0.3, 0.4) is 0 Å². The van der Waals surface area contributed by atoms with Gasteiger partial charge in [0.2, 0.25) is 0 Å². The molecule has 2 rings (SSSR count). The molecule has 1 heterocycles. The number of aromatic amines is 1. The number of H-pyrrole nitrogens is 1. The van der Waals surface area contributed by atoms with Gasteiger partial charge in [-0.25, -0.2) is 9.37 Å². The Bertz CT molecular complexity index is 554. The summed E-state index contributed by atoms with van der Waals surface area (Å²) in [6, 6.07) is 4.46. The molecule has 0 spiro atoms. The molecule has 5 nitrogen and oxygen atoms in total. The molecule has 1 aromatic carbocycles. The number of hydrogen-bond donors (Lipinski definition) is 2. The second-order valence-corrected chi connectivity index (χ2v) is 4.26. The number of nitrogens with one attached hydrogen (secondary N) is 2. The van der Waals surface area contributed by atoms with Crippen LogP contribution in [-0.2, 0) is 6.42 Å². The van der Waals surface area contributed by atoms with Crippen LogP contribution in [-0.4, -0.2) is 27.6 Å². The number of aryl methyl sites for hydroxylation is 2. The molecule has 0 unspecified atom stereocenters. The van der Waals surface area contributed by atoms with Crippen molar-refractivity contribution in [2.45, 2.75) is 19.8 Å². The van der Waals surface area contributed by atoms with Crippen molar-refractivity contribution in [2.75, 3.05) is 6.54 Å². The third kappa shape index (κ3) is 3.61. The minimum Gasteiger partial charge on any atom is -0.352 e. The summed E-state index contributed by atoms with van der Waals surface area (Å²) in [5.41, 5.74) is 0.865. The quantitative estimate of drug-likeness (QED) is 0.804. The maximum atomic E-state index is 13.3. The Morgan fingerprint density at radius 1 is 1.47 bits per heavy atom. The highest BCUT2D eigenvalue weighted by molar-refractivity contribution is 5.94. The van der Waals surface area contributed by atoms with E-state index in [1.54, 1.807) is 19.1 Å². The molecular weight excluding hydrogens is 247 g/mol. The third-order valence-electron chi connectivity index (χ3n) is 2.77. The minimum atomic E-state index is -0.366. The molecule has 2 aromatic rings. The van der Waals surface area contributed by atoms with E-state index < -0.39 is 0 Å². The zero-order valence-corrected chi connectivity index (χ0v) is 10.6. The Kier molecular flexibility index (Phi) is 4.22. The van der Waals surface area contributed by atoms with Gasteiger partial charge in [0.05, 0.1) is 0 Å². The number of nitrogens with zero attached hydrogens (tertiary/aromatic N) is 2. The molecule has 0 atom stereocenters. The van der Waals surface area contributed by atoms with Crippen LogP contribution in [0.25, 0.3) is 0 Å². The number of carbonyl (C=O) groups is 1. The summed E-state index contributed by atoms with van der Waals surface area (Å²) in [4.78, 5) is 15.7. The van der Waals surface area contributed by atoms with Gasteiger partial charge in [-0.15, -0.1) is 0 Å². The van der Waals surface area contributed by atoms with E-state index in [4.69, 9.17) is 0 Å². The monoisotopic (exact) mass is 262 g/mol. The van der Waals surface area contributed by atoms with E-state index in [2.05, 4.69) is 20.5 Å². The first-order chi connectivity index (χ1) is 9.16. The smallest absolute Gasteiger partial charge is 0.251 e. The first-order valence-electron chi connectivity index (χ1n) is 6.05. The van der Waals surface area contributed by atoms with E-state index in [1.807, 2.05) is 0 Å². The molecule has 6 heteroatoms. The maximum Gasteiger partial charge on any atom is 0.251 e. The lowest BCUT2D eigenvalue weighted by molar-refractivity contribution is 0.0952. The number of hydrogen-bond acceptors (Lipinski definition) is 3. The van der Waals surface area contributed by atoms with Crippen molar-refractivity contribution in [1.29, 1.82) is 0 Å². The van der Waals surface area contributed by atoms with Crippen LogP contribution in [0.1, 0.15) is 28.2 Å². The average molecular weight is 262 g/mol. The molecular formula is C13H15FN4O. The fourth-order valence-electron chi connectivity index (χ4n) is 1.65. The number of halogens is 1. The van der Waals surface area contributed by atoms with Crippen molar-refractivity contribution < 1.29 is 9.18 Å². The van der Waals surface area contributed by atoms with Gasteiger partial charge in [0.1, 0.15) is 18.0 Å². The highest BCUT2D eigenvalue weighted by atomic mass is 19.1. The molecule has 100 valence electrons. The lowest BCUT2D eigenvalue weighted by atomic mass is 10.1. The molecule has 0 aliphatic rings. The molecule has 2 N–H and O–H groups in total. The fourth-order valence-corrected chi connectivity index (χ4v) is 1.65. The molecule has 0 bridgehead atoms. The Morgan fingerprint density at radius 2 is 2.32 bits per heavy atom. The van der Waals surface area contributed by atoms with Gasteiger partial charge in [-0.1, -0.05) is 6.07 Å². The van der Waals surface area contributed by atoms with E-state index in [0.717, 1.165) is 12.2 Å². The van der Waals surface area contributed by atoms with Crippen molar-refractivity contribution in [3.63, 3.8) is 0 Å². The molecule has 0 fully saturated rings. The van der Waals surface area contributed by atoms with Crippen LogP contribution in [0, 0.1) is 12.7 Å². The summed E-state index contributed by atoms with van der Waals surface area (Å²) in [5.74, 6) is 0.154. The first kappa shape index (κ1) is 13.2. The van der Waals surface area contributed by atoms with Crippen molar-refractivity contribution in [2.24, 2.45) is 0 Å². The molecule has 0 saturated heterocycles. The van der Waals surface area contributed by atoms with Crippen LogP contribution in [0.4, 0.5) is 4.39 Å². The van der Waals surface area contributed by atoms with Gasteiger partial charge in [-0.2, -0.15) is 5.10 Å². The van der Waals surface area contributed by atoms with Crippen molar-refractivity contribution in [3.8, 4) is 0 Å². The Hall–Kier alpha value is -2.24. The molecule has 0 radical (unpaired) electrons. The lowest BCUT2D eigenvalue weighted by Crippen LogP contribution is -2.25. The molecule has 0 aliphatic heterocycles. The van der Waals surface area contributed by atoms with Crippen molar-refractivity contribution in [3.05, 3.63) is 47.3 Å². The Balaban J connectivity index is 1.79. The standard InChI is InChI=1S/C13H15FN4O/c1-9-4-5-10(7-11(9)14)13(19)15-6-2-3-12-16-8-17-18-12/h4-5,7-8H,2-3,6H2,1H3,(H,15,19)(H,16,17,18). The largest absolute Gasteiger partial charge is 0.352 e. The number of rotatable bonds is 5. The number of amides is 1. The third-order valence-corrected chi connectivity index (χ3v) is 2.77. The summed E-state index contributed by atoms with van der Waals surface area (Å²) in [6.07, 6.45) is 2.90. The van der Waals surface area contributed by atoms with E-state index in [1.165, 1.54) is 12.4 Å². The van der Waals surface area contributed by atoms with Gasteiger partial charge in [0, 0.05) is 18.5 Å². The number of benzene rings is 1. The Morgan fingerprint density at radius 3 is 3.00 bits per heavy atom.